The molecule has 0 aliphatic carbocycles. The van der Waals surface area contributed by atoms with Crippen molar-refractivity contribution in [2.75, 3.05) is 19.6 Å². The summed E-state index contributed by atoms with van der Waals surface area (Å²) in [4.78, 5) is 57.1. The predicted octanol–water partition coefficient (Wildman–Crippen LogP) is 2.39. The molecule has 0 spiro atoms. The van der Waals surface area contributed by atoms with E-state index in [2.05, 4.69) is 31.3 Å². The van der Waals surface area contributed by atoms with E-state index in [1.807, 2.05) is 19.9 Å². The van der Waals surface area contributed by atoms with Gasteiger partial charge in [-0.15, -0.1) is 0 Å². The first kappa shape index (κ1) is 39.0. The van der Waals surface area contributed by atoms with Crippen LogP contribution in [0.1, 0.15) is 58.0 Å². The Hall–Kier alpha value is -4.84. The number of halogens is 3. The van der Waals surface area contributed by atoms with Crippen molar-refractivity contribution in [3.8, 4) is 11.4 Å². The summed E-state index contributed by atoms with van der Waals surface area (Å²) >= 11 is 0. The van der Waals surface area contributed by atoms with Gasteiger partial charge in [0.2, 0.25) is 33.7 Å². The minimum Gasteiger partial charge on any atom is -0.354 e. The van der Waals surface area contributed by atoms with E-state index in [-0.39, 0.29) is 44.2 Å². The van der Waals surface area contributed by atoms with E-state index >= 15 is 0 Å². The highest BCUT2D eigenvalue weighted by molar-refractivity contribution is 7.89. The average Bonchev–Trinajstić information content (AvgIpc) is 3.48. The lowest BCUT2D eigenvalue weighted by Gasteiger charge is -2.25. The molecule has 0 bridgehead atoms. The van der Waals surface area contributed by atoms with Crippen LogP contribution in [0.15, 0.2) is 59.5 Å². The van der Waals surface area contributed by atoms with E-state index in [1.54, 1.807) is 31.2 Å². The van der Waals surface area contributed by atoms with E-state index < -0.39 is 75.0 Å². The smallest absolute Gasteiger partial charge is 0.354 e. The number of fused-ring (bicyclic) bond motifs is 1. The standard InChI is InChI=1S/C33H41F3N8O6S/c1-20(2)17-26-32(48)39-21(3)30-41-29(23-9-6-5-7-10-23)42-44(30)19-27(45)37-15-8-16-43(18-28(46)38-22(4)31(47)40-26)51(49,50)25-13-11-24(12-14-25)33(34,35)36/h5-7,9-14,20-22,26H,8,15-19H2,1-4H3,(H,37,45)(H,38,46)(H,39,48)(H,40,47)/t21-,22+,26+/m0/s1. The summed E-state index contributed by atoms with van der Waals surface area (Å²) in [5.41, 5.74) is -0.385. The van der Waals surface area contributed by atoms with Crippen molar-refractivity contribution in [1.29, 1.82) is 0 Å². The summed E-state index contributed by atoms with van der Waals surface area (Å²) in [5.74, 6) is -2.11. The number of benzene rings is 2. The molecule has 276 valence electrons. The zero-order valence-corrected chi connectivity index (χ0v) is 29.3. The lowest BCUT2D eigenvalue weighted by molar-refractivity contribution is -0.137. The molecule has 3 aromatic rings. The van der Waals surface area contributed by atoms with E-state index in [4.69, 9.17) is 0 Å². The Morgan fingerprint density at radius 3 is 2.16 bits per heavy atom. The van der Waals surface area contributed by atoms with Crippen LogP contribution in [0.2, 0.25) is 0 Å². The molecule has 4 rings (SSSR count). The number of hydrogen-bond acceptors (Lipinski definition) is 8. The van der Waals surface area contributed by atoms with Crippen molar-refractivity contribution in [3.63, 3.8) is 0 Å². The molecule has 4 amide bonds. The Balaban J connectivity index is 1.66. The molecule has 1 aromatic heterocycles. The Labute approximate surface area is 293 Å². The Kier molecular flexibility index (Phi) is 12.6. The lowest BCUT2D eigenvalue weighted by atomic mass is 10.0. The van der Waals surface area contributed by atoms with E-state index in [0.29, 0.717) is 23.5 Å². The van der Waals surface area contributed by atoms with E-state index in [1.165, 1.54) is 11.6 Å². The molecule has 0 unspecified atom stereocenters. The minimum absolute atomic E-state index is 0.0117. The molecule has 0 radical (unpaired) electrons. The van der Waals surface area contributed by atoms with Gasteiger partial charge >= 0.3 is 6.18 Å². The largest absolute Gasteiger partial charge is 0.416 e. The normalized spacial score (nSPS) is 21.0. The van der Waals surface area contributed by atoms with Crippen LogP contribution in [0.5, 0.6) is 0 Å². The lowest BCUT2D eigenvalue weighted by Crippen LogP contribution is -2.54. The highest BCUT2D eigenvalue weighted by Crippen LogP contribution is 2.30. The van der Waals surface area contributed by atoms with Gasteiger partial charge in [-0.05, 0) is 56.9 Å². The van der Waals surface area contributed by atoms with Gasteiger partial charge < -0.3 is 21.3 Å². The molecule has 0 saturated heterocycles. The second kappa shape index (κ2) is 16.5. The first-order valence-corrected chi connectivity index (χ1v) is 17.7. The number of rotatable bonds is 5. The molecule has 14 nitrogen and oxygen atoms in total. The number of nitrogens with one attached hydrogen (secondary N) is 4. The average molecular weight is 735 g/mol. The molecule has 2 heterocycles. The number of carbonyl (C=O) groups is 4. The number of amides is 4. The van der Waals surface area contributed by atoms with Crippen molar-refractivity contribution in [2.45, 2.75) is 76.3 Å². The third kappa shape index (κ3) is 10.3. The third-order valence-electron chi connectivity index (χ3n) is 7.93. The number of sulfonamides is 1. The summed E-state index contributed by atoms with van der Waals surface area (Å²) < 4.78 is 68.7. The van der Waals surface area contributed by atoms with Crippen LogP contribution in [0.4, 0.5) is 13.2 Å². The maximum Gasteiger partial charge on any atom is 0.416 e. The fourth-order valence-corrected chi connectivity index (χ4v) is 6.75. The van der Waals surface area contributed by atoms with Crippen LogP contribution in [0.25, 0.3) is 11.4 Å². The summed E-state index contributed by atoms with van der Waals surface area (Å²) in [6.45, 7) is 5.29. The number of aromatic nitrogens is 3. The third-order valence-corrected chi connectivity index (χ3v) is 9.79. The van der Waals surface area contributed by atoms with Crippen LogP contribution < -0.4 is 21.3 Å². The van der Waals surface area contributed by atoms with Crippen LogP contribution in [-0.2, 0) is 41.9 Å². The first-order chi connectivity index (χ1) is 23.9. The highest BCUT2D eigenvalue weighted by atomic mass is 32.2. The number of alkyl halides is 3. The van der Waals surface area contributed by atoms with Gasteiger partial charge in [-0.1, -0.05) is 44.2 Å². The van der Waals surface area contributed by atoms with Crippen LogP contribution >= 0.6 is 0 Å². The molecule has 3 atom stereocenters. The van der Waals surface area contributed by atoms with Crippen LogP contribution in [0, 0.1) is 5.92 Å². The Morgan fingerprint density at radius 1 is 0.863 bits per heavy atom. The van der Waals surface area contributed by atoms with Gasteiger partial charge in [0, 0.05) is 18.7 Å². The van der Waals surface area contributed by atoms with Crippen LogP contribution in [-0.4, -0.2) is 82.8 Å². The van der Waals surface area contributed by atoms with Gasteiger partial charge in [-0.2, -0.15) is 22.6 Å². The fraction of sp³-hybridized carbons (Fsp3) is 0.455. The topological polar surface area (TPSA) is 184 Å². The molecule has 2 aromatic carbocycles. The summed E-state index contributed by atoms with van der Waals surface area (Å²) in [6, 6.07) is 8.83. The van der Waals surface area contributed by atoms with Gasteiger partial charge in [0.25, 0.3) is 0 Å². The number of hydrogen-bond donors (Lipinski definition) is 4. The van der Waals surface area contributed by atoms with Crippen molar-refractivity contribution in [3.05, 3.63) is 66.0 Å². The van der Waals surface area contributed by atoms with Crippen molar-refractivity contribution in [1.82, 2.24) is 40.3 Å². The Morgan fingerprint density at radius 2 is 1.53 bits per heavy atom. The van der Waals surface area contributed by atoms with Crippen molar-refractivity contribution in [2.24, 2.45) is 5.92 Å². The second-order valence-electron chi connectivity index (χ2n) is 12.6. The van der Waals surface area contributed by atoms with Gasteiger partial charge in [0.1, 0.15) is 24.5 Å². The fourth-order valence-electron chi connectivity index (χ4n) is 5.32. The molecule has 0 fully saturated rings. The molecule has 0 saturated carbocycles. The number of carbonyl (C=O) groups excluding carboxylic acids is 4. The van der Waals surface area contributed by atoms with Crippen molar-refractivity contribution >= 4 is 33.7 Å². The SMILES string of the molecule is CC(C)C[C@H]1NC(=O)[C@@H](C)NC(=O)CN(S(=O)(=O)c2ccc(C(F)(F)F)cc2)CCCNC(=O)Cn2nc(-c3ccccc3)nc2[C@H](C)NC1=O. The first-order valence-electron chi connectivity index (χ1n) is 16.3. The summed E-state index contributed by atoms with van der Waals surface area (Å²) in [6.07, 6.45) is -4.45. The van der Waals surface area contributed by atoms with Gasteiger partial charge in [-0.3, -0.25) is 19.2 Å². The molecule has 1 aliphatic rings. The van der Waals surface area contributed by atoms with E-state index in [9.17, 15) is 40.8 Å². The van der Waals surface area contributed by atoms with E-state index in [0.717, 1.165) is 16.4 Å². The molecular weight excluding hydrogens is 693 g/mol. The zero-order chi connectivity index (χ0) is 37.5. The van der Waals surface area contributed by atoms with Gasteiger partial charge in [-0.25, -0.2) is 18.1 Å². The quantitative estimate of drug-likeness (QED) is 0.308. The summed E-state index contributed by atoms with van der Waals surface area (Å²) in [5, 5.41) is 15.1. The van der Waals surface area contributed by atoms with Gasteiger partial charge in [0.15, 0.2) is 5.82 Å². The molecule has 18 heteroatoms. The van der Waals surface area contributed by atoms with Gasteiger partial charge in [0.05, 0.1) is 23.0 Å². The highest BCUT2D eigenvalue weighted by Gasteiger charge is 2.33. The molecule has 1 aliphatic heterocycles. The molecule has 51 heavy (non-hydrogen) atoms. The molecular formula is C33H41F3N8O6S. The Bertz CT molecular complexity index is 1820. The monoisotopic (exact) mass is 734 g/mol. The number of nitrogens with zero attached hydrogens (tertiary/aromatic N) is 4. The summed E-state index contributed by atoms with van der Waals surface area (Å²) in [7, 11) is -4.52. The predicted molar refractivity (Wildman–Crippen MR) is 179 cm³/mol. The maximum atomic E-state index is 13.6. The maximum absolute atomic E-state index is 13.6. The van der Waals surface area contributed by atoms with Crippen LogP contribution in [0.3, 0.4) is 0 Å². The zero-order valence-electron chi connectivity index (χ0n) is 28.5. The minimum atomic E-state index is -4.70. The van der Waals surface area contributed by atoms with Crippen molar-refractivity contribution < 1.29 is 40.8 Å². The second-order valence-corrected chi connectivity index (χ2v) is 14.5. The molecule has 4 N–H and O–H groups in total.